The van der Waals surface area contributed by atoms with Crippen LogP contribution in [0.4, 0.5) is 10.5 Å². The Hall–Kier alpha value is -3.75. The van der Waals surface area contributed by atoms with Crippen molar-refractivity contribution >= 4 is 23.6 Å². The number of rotatable bonds is 10. The standard InChI is InChI=1S/C29H39N3O10/c1-29(2,3)42-28(39)32(17-30-26(38)18-7-5-4-6-8-18)14-13-24(36)31-19-9-11-20(12-10-19)40-27-22(35)15-21(34)25(37)23(16-33)41-27/h4-12,21-23,25,27,33-35,37H,13-17H2,1-3H3,(H,30,38)(H,31,36)/t21?,22-,23?,25+,27-/m0/s1. The Morgan fingerprint density at radius 3 is 2.29 bits per heavy atom. The Kier molecular flexibility index (Phi) is 11.6. The molecule has 0 spiro atoms. The molecule has 1 aliphatic rings. The number of hydrogen-bond acceptors (Lipinski definition) is 10. The molecule has 1 aliphatic heterocycles. The first-order valence-electron chi connectivity index (χ1n) is 13.5. The predicted octanol–water partition coefficient (Wildman–Crippen LogP) is 1.21. The van der Waals surface area contributed by atoms with Gasteiger partial charge in [-0.15, -0.1) is 0 Å². The Morgan fingerprint density at radius 1 is 1.00 bits per heavy atom. The van der Waals surface area contributed by atoms with Gasteiger partial charge in [0.2, 0.25) is 12.2 Å². The van der Waals surface area contributed by atoms with E-state index in [4.69, 9.17) is 14.2 Å². The fourth-order valence-corrected chi connectivity index (χ4v) is 3.98. The number of aliphatic hydroxyl groups excluding tert-OH is 4. The van der Waals surface area contributed by atoms with E-state index in [9.17, 15) is 34.8 Å². The van der Waals surface area contributed by atoms with Crippen LogP contribution in [0.3, 0.4) is 0 Å². The van der Waals surface area contributed by atoms with Crippen LogP contribution in [0.1, 0.15) is 44.0 Å². The molecule has 2 aromatic carbocycles. The summed E-state index contributed by atoms with van der Waals surface area (Å²) >= 11 is 0. The highest BCUT2D eigenvalue weighted by atomic mass is 16.7. The van der Waals surface area contributed by atoms with Crippen LogP contribution in [-0.4, -0.2) is 99.4 Å². The second-order valence-corrected chi connectivity index (χ2v) is 10.8. The summed E-state index contributed by atoms with van der Waals surface area (Å²) in [7, 11) is 0. The summed E-state index contributed by atoms with van der Waals surface area (Å²) in [5.74, 6) is -0.510. The molecule has 6 N–H and O–H groups in total. The lowest BCUT2D eigenvalue weighted by Crippen LogP contribution is -2.44. The normalized spacial score (nSPS) is 22.4. The highest BCUT2D eigenvalue weighted by molar-refractivity contribution is 5.94. The minimum Gasteiger partial charge on any atom is -0.462 e. The molecule has 0 aromatic heterocycles. The molecule has 5 atom stereocenters. The van der Waals surface area contributed by atoms with Crippen molar-refractivity contribution in [1.29, 1.82) is 0 Å². The summed E-state index contributed by atoms with van der Waals surface area (Å²) in [5.41, 5.74) is 0.0756. The summed E-state index contributed by atoms with van der Waals surface area (Å²) in [6, 6.07) is 14.6. The number of nitrogens with zero attached hydrogens (tertiary/aromatic N) is 1. The number of nitrogens with one attached hydrogen (secondary N) is 2. The molecule has 3 rings (SSSR count). The van der Waals surface area contributed by atoms with Crippen molar-refractivity contribution in [3.8, 4) is 5.75 Å². The van der Waals surface area contributed by atoms with Gasteiger partial charge in [-0.25, -0.2) is 4.79 Å². The predicted molar refractivity (Wildman–Crippen MR) is 150 cm³/mol. The van der Waals surface area contributed by atoms with Crippen LogP contribution in [0.15, 0.2) is 54.6 Å². The first-order chi connectivity index (χ1) is 19.9. The zero-order valence-electron chi connectivity index (χ0n) is 23.8. The van der Waals surface area contributed by atoms with E-state index in [1.54, 1.807) is 63.2 Å². The van der Waals surface area contributed by atoms with Crippen molar-refractivity contribution in [2.45, 2.75) is 69.9 Å². The largest absolute Gasteiger partial charge is 0.462 e. The SMILES string of the molecule is CC(C)(C)OC(=O)N(CCC(=O)Nc1ccc(O[C@H]2OC(CO)[C@H](O)C(O)C[C@@H]2O)cc1)CNC(=O)c1ccccc1. The average Bonchev–Trinajstić information content (AvgIpc) is 3.04. The fraction of sp³-hybridized carbons (Fsp3) is 0.483. The topological polar surface area (TPSA) is 187 Å². The van der Waals surface area contributed by atoms with Gasteiger partial charge in [-0.3, -0.25) is 14.5 Å². The number of benzene rings is 2. The minimum absolute atomic E-state index is 0.0301. The van der Waals surface area contributed by atoms with Crippen LogP contribution in [-0.2, 0) is 14.3 Å². The number of hydrogen-bond donors (Lipinski definition) is 6. The average molecular weight is 590 g/mol. The Labute approximate surface area is 244 Å². The molecule has 42 heavy (non-hydrogen) atoms. The third-order valence-corrected chi connectivity index (χ3v) is 6.18. The molecule has 1 saturated heterocycles. The lowest BCUT2D eigenvalue weighted by molar-refractivity contribution is -0.188. The molecule has 0 radical (unpaired) electrons. The minimum atomic E-state index is -1.39. The van der Waals surface area contributed by atoms with Gasteiger partial charge in [0.1, 0.15) is 29.7 Å². The first kappa shape index (κ1) is 32.8. The molecule has 13 heteroatoms. The molecule has 0 aliphatic carbocycles. The molecule has 2 aromatic rings. The number of aliphatic hydroxyl groups is 4. The van der Waals surface area contributed by atoms with Gasteiger partial charge in [0.05, 0.1) is 19.4 Å². The van der Waals surface area contributed by atoms with Crippen LogP contribution in [0, 0.1) is 0 Å². The second-order valence-electron chi connectivity index (χ2n) is 10.8. The highest BCUT2D eigenvalue weighted by Crippen LogP contribution is 2.24. The van der Waals surface area contributed by atoms with Crippen LogP contribution in [0.2, 0.25) is 0 Å². The molecule has 2 unspecified atom stereocenters. The highest BCUT2D eigenvalue weighted by Gasteiger charge is 2.39. The molecule has 3 amide bonds. The van der Waals surface area contributed by atoms with Crippen LogP contribution >= 0.6 is 0 Å². The van der Waals surface area contributed by atoms with E-state index in [1.165, 1.54) is 17.0 Å². The maximum Gasteiger partial charge on any atom is 0.411 e. The maximum atomic E-state index is 12.7. The molecule has 0 saturated carbocycles. The van der Waals surface area contributed by atoms with Crippen molar-refractivity contribution in [2.75, 3.05) is 25.1 Å². The fourth-order valence-electron chi connectivity index (χ4n) is 3.98. The molecular weight excluding hydrogens is 550 g/mol. The van der Waals surface area contributed by atoms with Gasteiger partial charge in [-0.2, -0.15) is 0 Å². The third kappa shape index (κ3) is 9.96. The number of carbonyl (C=O) groups is 3. The quantitative estimate of drug-likeness (QED) is 0.220. The first-order valence-corrected chi connectivity index (χ1v) is 13.5. The van der Waals surface area contributed by atoms with Crippen molar-refractivity contribution < 1.29 is 49.0 Å². The van der Waals surface area contributed by atoms with Crippen molar-refractivity contribution in [1.82, 2.24) is 10.2 Å². The lowest BCUT2D eigenvalue weighted by Gasteiger charge is -2.27. The van der Waals surface area contributed by atoms with Gasteiger partial charge in [-0.1, -0.05) is 18.2 Å². The van der Waals surface area contributed by atoms with E-state index in [0.29, 0.717) is 11.3 Å². The number of amides is 3. The molecular formula is C29H39N3O10. The van der Waals surface area contributed by atoms with Crippen molar-refractivity contribution in [3.63, 3.8) is 0 Å². The Morgan fingerprint density at radius 2 is 1.67 bits per heavy atom. The zero-order chi connectivity index (χ0) is 30.9. The van der Waals surface area contributed by atoms with E-state index in [0.717, 1.165) is 0 Å². The molecule has 0 bridgehead atoms. The van der Waals surface area contributed by atoms with Gasteiger partial charge < -0.3 is 45.3 Å². The summed E-state index contributed by atoms with van der Waals surface area (Å²) < 4.78 is 16.5. The van der Waals surface area contributed by atoms with Crippen LogP contribution < -0.4 is 15.4 Å². The van der Waals surface area contributed by atoms with E-state index in [1.807, 2.05) is 0 Å². The maximum absolute atomic E-state index is 12.7. The lowest BCUT2D eigenvalue weighted by atomic mass is 10.0. The van der Waals surface area contributed by atoms with E-state index < -0.39 is 54.9 Å². The number of carbonyl (C=O) groups excluding carboxylic acids is 3. The molecule has 230 valence electrons. The van der Waals surface area contributed by atoms with Crippen LogP contribution in [0.5, 0.6) is 5.75 Å². The van der Waals surface area contributed by atoms with E-state index in [-0.39, 0.29) is 37.7 Å². The van der Waals surface area contributed by atoms with Gasteiger partial charge in [0.15, 0.2) is 0 Å². The summed E-state index contributed by atoms with van der Waals surface area (Å²) in [6.07, 6.45) is -7.34. The molecule has 1 heterocycles. The number of ether oxygens (including phenoxy) is 3. The van der Waals surface area contributed by atoms with Gasteiger partial charge in [-0.05, 0) is 57.2 Å². The monoisotopic (exact) mass is 589 g/mol. The summed E-state index contributed by atoms with van der Waals surface area (Å²) in [4.78, 5) is 39.1. The van der Waals surface area contributed by atoms with Gasteiger partial charge >= 0.3 is 6.09 Å². The van der Waals surface area contributed by atoms with Gasteiger partial charge in [0.25, 0.3) is 5.91 Å². The van der Waals surface area contributed by atoms with Crippen molar-refractivity contribution in [2.24, 2.45) is 0 Å². The second kappa shape index (κ2) is 14.9. The zero-order valence-corrected chi connectivity index (χ0v) is 23.8. The summed E-state index contributed by atoms with van der Waals surface area (Å²) in [6.45, 7) is 4.37. The smallest absolute Gasteiger partial charge is 0.411 e. The number of anilines is 1. The van der Waals surface area contributed by atoms with Gasteiger partial charge in [0, 0.05) is 30.6 Å². The Bertz CT molecular complexity index is 1170. The third-order valence-electron chi connectivity index (χ3n) is 6.18. The van der Waals surface area contributed by atoms with E-state index >= 15 is 0 Å². The van der Waals surface area contributed by atoms with Crippen LogP contribution in [0.25, 0.3) is 0 Å². The molecule has 1 fully saturated rings. The van der Waals surface area contributed by atoms with E-state index in [2.05, 4.69) is 10.6 Å². The Balaban J connectivity index is 1.55. The summed E-state index contributed by atoms with van der Waals surface area (Å²) in [5, 5.41) is 45.1. The van der Waals surface area contributed by atoms with Crippen molar-refractivity contribution in [3.05, 3.63) is 60.2 Å². The molecule has 13 nitrogen and oxygen atoms in total.